The number of aryl methyl sites for hydroxylation is 1. The van der Waals surface area contributed by atoms with Gasteiger partial charge < -0.3 is 5.32 Å². The fraction of sp³-hybridized carbons (Fsp3) is 0.150. The van der Waals surface area contributed by atoms with E-state index in [9.17, 15) is 24.1 Å². The molecule has 1 N–H and O–H groups in total. The molecule has 0 bridgehead atoms. The number of carbonyl (C=O) groups is 1. The van der Waals surface area contributed by atoms with Crippen LogP contribution in [0.15, 0.2) is 59.4 Å². The first-order valence-electron chi connectivity index (χ1n) is 8.91. The van der Waals surface area contributed by atoms with Crippen molar-refractivity contribution in [3.8, 4) is 11.3 Å². The largest absolute Gasteiger partial charge is 0.326 e. The van der Waals surface area contributed by atoms with Gasteiger partial charge in [0.05, 0.1) is 10.6 Å². The summed E-state index contributed by atoms with van der Waals surface area (Å²) in [7, 11) is 0. The average molecular weight is 431 g/mol. The summed E-state index contributed by atoms with van der Waals surface area (Å²) in [5.41, 5.74) is 0.483. The lowest BCUT2D eigenvalue weighted by atomic mass is 10.1. The van der Waals surface area contributed by atoms with Gasteiger partial charge >= 0.3 is 5.69 Å². The number of amides is 1. The molecule has 0 unspecified atom stereocenters. The van der Waals surface area contributed by atoms with E-state index < -0.39 is 22.3 Å². The fourth-order valence-corrected chi connectivity index (χ4v) is 2.85. The van der Waals surface area contributed by atoms with Crippen molar-refractivity contribution in [2.45, 2.75) is 19.4 Å². The van der Waals surface area contributed by atoms with Gasteiger partial charge in [-0.1, -0.05) is 23.7 Å². The molecule has 1 aromatic heterocycles. The molecule has 0 aliphatic carbocycles. The Labute approximate surface area is 175 Å². The van der Waals surface area contributed by atoms with Gasteiger partial charge in [-0.3, -0.25) is 19.7 Å². The van der Waals surface area contributed by atoms with Crippen LogP contribution in [-0.2, 0) is 11.3 Å². The van der Waals surface area contributed by atoms with E-state index in [-0.39, 0.29) is 24.2 Å². The van der Waals surface area contributed by atoms with E-state index >= 15 is 0 Å². The highest BCUT2D eigenvalue weighted by atomic mass is 35.5. The summed E-state index contributed by atoms with van der Waals surface area (Å²) in [6, 6.07) is 13.1. The van der Waals surface area contributed by atoms with E-state index in [1.807, 2.05) is 0 Å². The zero-order chi connectivity index (χ0) is 21.7. The molecule has 30 heavy (non-hydrogen) atoms. The van der Waals surface area contributed by atoms with E-state index in [0.717, 1.165) is 17.7 Å². The molecule has 1 amide bonds. The van der Waals surface area contributed by atoms with Gasteiger partial charge in [0.25, 0.3) is 5.56 Å². The first-order valence-corrected chi connectivity index (χ1v) is 9.29. The summed E-state index contributed by atoms with van der Waals surface area (Å²) in [5.74, 6) is -1.40. The molecule has 8 nitrogen and oxygen atoms in total. The number of anilines is 1. The monoisotopic (exact) mass is 430 g/mol. The molecule has 0 aliphatic rings. The maximum absolute atomic E-state index is 13.4. The molecule has 0 aliphatic heterocycles. The van der Waals surface area contributed by atoms with Crippen LogP contribution in [0.4, 0.5) is 15.8 Å². The van der Waals surface area contributed by atoms with Crippen molar-refractivity contribution in [3.05, 3.63) is 85.9 Å². The van der Waals surface area contributed by atoms with E-state index in [2.05, 4.69) is 10.4 Å². The van der Waals surface area contributed by atoms with Crippen LogP contribution in [0.3, 0.4) is 0 Å². The Balaban J connectivity index is 1.61. The number of nitrogens with zero attached hydrogens (tertiary/aromatic N) is 3. The number of nitro groups is 1. The zero-order valence-corrected chi connectivity index (χ0v) is 16.3. The van der Waals surface area contributed by atoms with Gasteiger partial charge in [-0.2, -0.15) is 9.49 Å². The Morgan fingerprint density at radius 3 is 2.60 bits per heavy atom. The van der Waals surface area contributed by atoms with Crippen LogP contribution in [0.2, 0.25) is 5.02 Å². The highest BCUT2D eigenvalue weighted by Gasteiger charge is 2.15. The van der Waals surface area contributed by atoms with Crippen LogP contribution < -0.4 is 10.9 Å². The van der Waals surface area contributed by atoms with Crippen LogP contribution >= 0.6 is 11.6 Å². The summed E-state index contributed by atoms with van der Waals surface area (Å²) in [5, 5.41) is 18.1. The fourth-order valence-electron chi connectivity index (χ4n) is 2.73. The van der Waals surface area contributed by atoms with Crippen LogP contribution in [0.1, 0.15) is 12.8 Å². The Morgan fingerprint density at radius 2 is 1.90 bits per heavy atom. The number of hydrogen-bond acceptors (Lipinski definition) is 5. The van der Waals surface area contributed by atoms with Crippen molar-refractivity contribution in [1.82, 2.24) is 9.78 Å². The molecule has 0 radical (unpaired) electrons. The van der Waals surface area contributed by atoms with Crippen molar-refractivity contribution in [2.24, 2.45) is 0 Å². The molecule has 0 spiro atoms. The minimum Gasteiger partial charge on any atom is -0.326 e. The third-order valence-corrected chi connectivity index (χ3v) is 4.46. The van der Waals surface area contributed by atoms with Crippen LogP contribution in [0, 0.1) is 15.9 Å². The maximum atomic E-state index is 13.4. The molecule has 0 saturated carbocycles. The van der Waals surface area contributed by atoms with E-state index in [1.165, 1.54) is 16.8 Å². The molecular weight excluding hydrogens is 415 g/mol. The van der Waals surface area contributed by atoms with Crippen LogP contribution in [0.5, 0.6) is 0 Å². The predicted octanol–water partition coefficient (Wildman–Crippen LogP) is 4.03. The molecule has 10 heteroatoms. The van der Waals surface area contributed by atoms with Crippen molar-refractivity contribution < 1.29 is 14.1 Å². The summed E-state index contributed by atoms with van der Waals surface area (Å²) in [6.45, 7) is 0.206. The quantitative estimate of drug-likeness (QED) is 0.449. The topological polar surface area (TPSA) is 107 Å². The van der Waals surface area contributed by atoms with Crippen molar-refractivity contribution in [3.63, 3.8) is 0 Å². The Morgan fingerprint density at radius 1 is 1.17 bits per heavy atom. The standard InChI is InChI=1S/C20H16ClFN4O4/c21-14-5-3-13(4-6-14)17-9-10-20(28)25(24-17)11-1-2-19(27)23-15-7-8-16(22)18(12-15)26(29)30/h3-10,12H,1-2,11H2,(H,23,27). The summed E-state index contributed by atoms with van der Waals surface area (Å²) >= 11 is 5.88. The van der Waals surface area contributed by atoms with Crippen molar-refractivity contribution in [1.29, 1.82) is 0 Å². The number of carbonyl (C=O) groups excluding carboxylic acids is 1. The van der Waals surface area contributed by atoms with Gasteiger partial charge in [0.2, 0.25) is 11.7 Å². The zero-order valence-electron chi connectivity index (χ0n) is 15.5. The van der Waals surface area contributed by atoms with Crippen molar-refractivity contribution in [2.75, 3.05) is 5.32 Å². The lowest BCUT2D eigenvalue weighted by Gasteiger charge is -2.08. The lowest BCUT2D eigenvalue weighted by molar-refractivity contribution is -0.387. The van der Waals surface area contributed by atoms with Crippen LogP contribution in [0.25, 0.3) is 11.3 Å². The Bertz CT molecular complexity index is 1150. The van der Waals surface area contributed by atoms with Gasteiger partial charge in [0.15, 0.2) is 0 Å². The number of benzene rings is 2. The first kappa shape index (κ1) is 21.1. The number of nitrogens with one attached hydrogen (secondary N) is 1. The van der Waals surface area contributed by atoms with Crippen molar-refractivity contribution >= 4 is 28.9 Å². The molecule has 154 valence electrons. The van der Waals surface area contributed by atoms with Crippen LogP contribution in [-0.4, -0.2) is 20.6 Å². The highest BCUT2D eigenvalue weighted by Crippen LogP contribution is 2.22. The highest BCUT2D eigenvalue weighted by molar-refractivity contribution is 6.30. The molecular formula is C20H16ClFN4O4. The minimum atomic E-state index is -0.982. The molecule has 2 aromatic carbocycles. The van der Waals surface area contributed by atoms with Gasteiger partial charge in [-0.15, -0.1) is 0 Å². The van der Waals surface area contributed by atoms with Gasteiger partial charge in [0.1, 0.15) is 0 Å². The molecule has 0 saturated heterocycles. The summed E-state index contributed by atoms with van der Waals surface area (Å²) < 4.78 is 14.6. The lowest BCUT2D eigenvalue weighted by Crippen LogP contribution is -2.23. The van der Waals surface area contributed by atoms with Gasteiger partial charge in [-0.25, -0.2) is 4.68 Å². The second-order valence-corrected chi connectivity index (χ2v) is 6.80. The molecule has 1 heterocycles. The second kappa shape index (κ2) is 9.27. The Hall–Kier alpha value is -3.59. The maximum Gasteiger partial charge on any atom is 0.306 e. The second-order valence-electron chi connectivity index (χ2n) is 6.36. The normalized spacial score (nSPS) is 10.6. The predicted molar refractivity (Wildman–Crippen MR) is 110 cm³/mol. The average Bonchev–Trinajstić information content (AvgIpc) is 2.71. The molecule has 0 atom stereocenters. The van der Waals surface area contributed by atoms with Gasteiger partial charge in [0, 0.05) is 41.4 Å². The van der Waals surface area contributed by atoms with E-state index in [0.29, 0.717) is 17.1 Å². The molecule has 3 aromatic rings. The number of aromatic nitrogens is 2. The molecule has 0 fully saturated rings. The SMILES string of the molecule is O=C(CCCn1nc(-c2ccc(Cl)cc2)ccc1=O)Nc1ccc(F)c([N+](=O)[O-])c1. The van der Waals surface area contributed by atoms with Gasteiger partial charge in [-0.05, 0) is 36.8 Å². The first-order chi connectivity index (χ1) is 14.3. The third kappa shape index (κ3) is 5.26. The summed E-state index contributed by atoms with van der Waals surface area (Å²) in [6.07, 6.45) is 0.358. The Kier molecular flexibility index (Phi) is 6.53. The third-order valence-electron chi connectivity index (χ3n) is 4.21. The number of hydrogen-bond donors (Lipinski definition) is 1. The number of halogens is 2. The van der Waals surface area contributed by atoms with E-state index in [1.54, 1.807) is 30.3 Å². The summed E-state index contributed by atoms with van der Waals surface area (Å²) in [4.78, 5) is 34.0. The van der Waals surface area contributed by atoms with E-state index in [4.69, 9.17) is 11.6 Å². The smallest absolute Gasteiger partial charge is 0.306 e. The number of rotatable bonds is 7. The molecule has 3 rings (SSSR count). The minimum absolute atomic E-state index is 0.0461. The number of nitro benzene ring substituents is 1.